The van der Waals surface area contributed by atoms with Gasteiger partial charge in [-0.05, 0) is 55.6 Å². The van der Waals surface area contributed by atoms with E-state index in [0.717, 1.165) is 37.3 Å². The summed E-state index contributed by atoms with van der Waals surface area (Å²) in [5.41, 5.74) is 2.73. The van der Waals surface area contributed by atoms with Crippen molar-refractivity contribution < 1.29 is 9.47 Å². The predicted octanol–water partition coefficient (Wildman–Crippen LogP) is 3.80. The van der Waals surface area contributed by atoms with Gasteiger partial charge in [-0.25, -0.2) is 0 Å². The Hall–Kier alpha value is -1.22. The first kappa shape index (κ1) is 13.7. The van der Waals surface area contributed by atoms with Crippen molar-refractivity contribution in [3.05, 3.63) is 23.8 Å². The molecule has 0 spiro atoms. The summed E-state index contributed by atoms with van der Waals surface area (Å²) in [7, 11) is 1.73. The zero-order valence-electron chi connectivity index (χ0n) is 12.4. The van der Waals surface area contributed by atoms with Crippen LogP contribution in [0.3, 0.4) is 0 Å². The number of nitrogens with one attached hydrogen (secondary N) is 1. The maximum atomic E-state index is 5.55. The highest BCUT2D eigenvalue weighted by Crippen LogP contribution is 2.44. The predicted molar refractivity (Wildman–Crippen MR) is 81.6 cm³/mol. The van der Waals surface area contributed by atoms with E-state index in [0.29, 0.717) is 0 Å². The van der Waals surface area contributed by atoms with Crippen LogP contribution in [0.15, 0.2) is 18.2 Å². The number of hydrogen-bond acceptors (Lipinski definition) is 3. The molecule has 2 aliphatic rings. The summed E-state index contributed by atoms with van der Waals surface area (Å²) in [6.07, 6.45) is 6.39. The maximum Gasteiger partial charge on any atom is 0.120 e. The van der Waals surface area contributed by atoms with Crippen molar-refractivity contribution in [1.29, 1.82) is 0 Å². The van der Waals surface area contributed by atoms with E-state index < -0.39 is 0 Å². The van der Waals surface area contributed by atoms with Crippen molar-refractivity contribution in [3.63, 3.8) is 0 Å². The van der Waals surface area contributed by atoms with E-state index in [2.05, 4.69) is 23.5 Å². The molecule has 110 valence electrons. The van der Waals surface area contributed by atoms with Gasteiger partial charge in [-0.3, -0.25) is 0 Å². The van der Waals surface area contributed by atoms with Crippen molar-refractivity contribution in [2.24, 2.45) is 5.92 Å². The van der Waals surface area contributed by atoms with Gasteiger partial charge in [-0.1, -0.05) is 6.07 Å². The Bertz CT molecular complexity index is 437. The quantitative estimate of drug-likeness (QED) is 0.856. The average molecular weight is 275 g/mol. The summed E-state index contributed by atoms with van der Waals surface area (Å²) in [4.78, 5) is 0. The fraction of sp³-hybridized carbons (Fsp3) is 0.647. The van der Waals surface area contributed by atoms with Crippen LogP contribution in [0, 0.1) is 5.92 Å². The normalized spacial score (nSPS) is 22.6. The molecule has 3 nitrogen and oxygen atoms in total. The first-order chi connectivity index (χ1) is 9.86. The Morgan fingerprint density at radius 3 is 2.90 bits per heavy atom. The second-order valence-electron chi connectivity index (χ2n) is 6.03. The van der Waals surface area contributed by atoms with Crippen molar-refractivity contribution in [1.82, 2.24) is 0 Å². The van der Waals surface area contributed by atoms with E-state index in [1.54, 1.807) is 7.11 Å². The molecule has 1 saturated heterocycles. The monoisotopic (exact) mass is 275 g/mol. The summed E-state index contributed by atoms with van der Waals surface area (Å²) >= 11 is 0. The molecule has 1 aromatic carbocycles. The number of benzene rings is 1. The Labute approximate surface area is 121 Å². The van der Waals surface area contributed by atoms with Crippen LogP contribution in [0.5, 0.6) is 5.75 Å². The third-order valence-electron chi connectivity index (χ3n) is 4.40. The van der Waals surface area contributed by atoms with Crippen molar-refractivity contribution in [2.45, 2.75) is 38.0 Å². The van der Waals surface area contributed by atoms with E-state index in [9.17, 15) is 0 Å². The summed E-state index contributed by atoms with van der Waals surface area (Å²) in [6, 6.07) is 6.45. The lowest BCUT2D eigenvalue weighted by Crippen LogP contribution is -2.20. The Balaban J connectivity index is 1.57. The van der Waals surface area contributed by atoms with Crippen LogP contribution in [0.4, 0.5) is 5.69 Å². The zero-order valence-corrected chi connectivity index (χ0v) is 12.4. The van der Waals surface area contributed by atoms with Gasteiger partial charge in [0.1, 0.15) is 5.75 Å². The van der Waals surface area contributed by atoms with Gasteiger partial charge in [0.15, 0.2) is 0 Å². The van der Waals surface area contributed by atoms with Gasteiger partial charge in [0, 0.05) is 31.5 Å². The van der Waals surface area contributed by atoms with E-state index in [1.165, 1.54) is 43.4 Å². The van der Waals surface area contributed by atoms with Crippen LogP contribution >= 0.6 is 0 Å². The highest BCUT2D eigenvalue weighted by molar-refractivity contribution is 5.57. The SMILES string of the molecule is COc1ccc(C2CC2)c(NCCC2CCCOC2)c1. The minimum Gasteiger partial charge on any atom is -0.497 e. The Kier molecular flexibility index (Phi) is 4.46. The van der Waals surface area contributed by atoms with Crippen LogP contribution in [-0.2, 0) is 4.74 Å². The first-order valence-corrected chi connectivity index (χ1v) is 7.86. The molecule has 0 amide bonds. The second-order valence-corrected chi connectivity index (χ2v) is 6.03. The molecule has 1 aliphatic heterocycles. The van der Waals surface area contributed by atoms with E-state index >= 15 is 0 Å². The van der Waals surface area contributed by atoms with Crippen molar-refractivity contribution in [2.75, 3.05) is 32.2 Å². The minimum atomic E-state index is 0.728. The molecule has 1 aromatic rings. The molecule has 0 radical (unpaired) electrons. The molecule has 3 heteroatoms. The maximum absolute atomic E-state index is 5.55. The number of rotatable bonds is 6. The highest BCUT2D eigenvalue weighted by Gasteiger charge is 2.26. The number of hydrogen-bond donors (Lipinski definition) is 1. The fourth-order valence-electron chi connectivity index (χ4n) is 3.01. The number of methoxy groups -OCH3 is 1. The molecule has 1 unspecified atom stereocenters. The zero-order chi connectivity index (χ0) is 13.8. The molecule has 3 rings (SSSR count). The van der Waals surface area contributed by atoms with Crippen LogP contribution in [0.1, 0.15) is 43.6 Å². The third kappa shape index (κ3) is 3.45. The molecule has 0 aromatic heterocycles. The lowest BCUT2D eigenvalue weighted by molar-refractivity contribution is 0.0530. The smallest absolute Gasteiger partial charge is 0.120 e. The summed E-state index contributed by atoms with van der Waals surface area (Å²) in [5.74, 6) is 2.44. The standard InChI is InChI=1S/C17H25NO2/c1-19-15-6-7-16(14-4-5-14)17(11-15)18-9-8-13-3-2-10-20-12-13/h6-7,11,13-14,18H,2-5,8-10,12H2,1H3. The van der Waals surface area contributed by atoms with Gasteiger partial charge >= 0.3 is 0 Å². The fourth-order valence-corrected chi connectivity index (χ4v) is 3.01. The van der Waals surface area contributed by atoms with E-state index in [-0.39, 0.29) is 0 Å². The molecule has 1 saturated carbocycles. The molecular formula is C17H25NO2. The molecule has 1 atom stereocenters. The van der Waals surface area contributed by atoms with Crippen LogP contribution in [0.2, 0.25) is 0 Å². The van der Waals surface area contributed by atoms with E-state index in [1.807, 2.05) is 0 Å². The van der Waals surface area contributed by atoms with Gasteiger partial charge in [-0.2, -0.15) is 0 Å². The average Bonchev–Trinajstić information content (AvgIpc) is 3.33. The molecule has 0 bridgehead atoms. The van der Waals surface area contributed by atoms with Gasteiger partial charge in [-0.15, -0.1) is 0 Å². The first-order valence-electron chi connectivity index (χ1n) is 7.86. The van der Waals surface area contributed by atoms with Crippen molar-refractivity contribution >= 4 is 5.69 Å². The number of ether oxygens (including phenoxy) is 2. The summed E-state index contributed by atoms with van der Waals surface area (Å²) in [5, 5.41) is 3.62. The van der Waals surface area contributed by atoms with Crippen LogP contribution in [-0.4, -0.2) is 26.9 Å². The second kappa shape index (κ2) is 6.49. The van der Waals surface area contributed by atoms with Gasteiger partial charge < -0.3 is 14.8 Å². The summed E-state index contributed by atoms with van der Waals surface area (Å²) in [6.45, 7) is 2.92. The van der Waals surface area contributed by atoms with Crippen LogP contribution < -0.4 is 10.1 Å². The lowest BCUT2D eigenvalue weighted by atomic mass is 9.98. The van der Waals surface area contributed by atoms with Gasteiger partial charge in [0.25, 0.3) is 0 Å². The largest absolute Gasteiger partial charge is 0.497 e. The topological polar surface area (TPSA) is 30.5 Å². The number of anilines is 1. The molecule has 2 fully saturated rings. The molecule has 20 heavy (non-hydrogen) atoms. The Morgan fingerprint density at radius 2 is 2.20 bits per heavy atom. The Morgan fingerprint density at radius 1 is 1.30 bits per heavy atom. The molecular weight excluding hydrogens is 250 g/mol. The third-order valence-corrected chi connectivity index (χ3v) is 4.40. The van der Waals surface area contributed by atoms with Gasteiger partial charge in [0.2, 0.25) is 0 Å². The highest BCUT2D eigenvalue weighted by atomic mass is 16.5. The minimum absolute atomic E-state index is 0.728. The van der Waals surface area contributed by atoms with Gasteiger partial charge in [0.05, 0.1) is 7.11 Å². The van der Waals surface area contributed by atoms with E-state index in [4.69, 9.17) is 9.47 Å². The molecule has 1 heterocycles. The molecule has 1 aliphatic carbocycles. The lowest BCUT2D eigenvalue weighted by Gasteiger charge is -2.22. The molecule has 1 N–H and O–H groups in total. The summed E-state index contributed by atoms with van der Waals surface area (Å²) < 4.78 is 10.9. The van der Waals surface area contributed by atoms with Crippen LogP contribution in [0.25, 0.3) is 0 Å². The van der Waals surface area contributed by atoms with Crippen molar-refractivity contribution in [3.8, 4) is 5.75 Å².